The Hall–Kier alpha value is -1.62. The highest BCUT2D eigenvalue weighted by Gasteiger charge is 2.10. The van der Waals surface area contributed by atoms with Crippen molar-refractivity contribution in [1.82, 2.24) is 5.32 Å². The largest absolute Gasteiger partial charge is 0.508 e. The molecule has 5 heteroatoms. The van der Waals surface area contributed by atoms with Crippen molar-refractivity contribution in [3.8, 4) is 5.75 Å². The second-order valence-electron chi connectivity index (χ2n) is 3.14. The van der Waals surface area contributed by atoms with E-state index in [4.69, 9.17) is 23.1 Å². The maximum absolute atomic E-state index is 11.6. The number of thiocarbonyl (C=S) groups is 1. The Labute approximate surface area is 93.1 Å². The van der Waals surface area contributed by atoms with Gasteiger partial charge in [0.25, 0.3) is 5.91 Å². The zero-order valence-electron chi connectivity index (χ0n) is 8.23. The molecule has 0 spiro atoms. The van der Waals surface area contributed by atoms with Crippen LogP contribution in [0.25, 0.3) is 0 Å². The number of aromatic hydroxyl groups is 1. The van der Waals surface area contributed by atoms with Gasteiger partial charge in [0.2, 0.25) is 0 Å². The van der Waals surface area contributed by atoms with Gasteiger partial charge in [0.05, 0.1) is 11.0 Å². The predicted octanol–water partition coefficient (Wildman–Crippen LogP) is 0.797. The minimum Gasteiger partial charge on any atom is -0.508 e. The lowest BCUT2D eigenvalue weighted by atomic mass is 10.2. The van der Waals surface area contributed by atoms with Gasteiger partial charge in [-0.1, -0.05) is 12.2 Å². The van der Waals surface area contributed by atoms with Gasteiger partial charge < -0.3 is 16.2 Å². The number of phenolic OH excluding ortho intramolecular Hbond substituents is 1. The smallest absolute Gasteiger partial charge is 0.251 e. The molecule has 4 nitrogen and oxygen atoms in total. The number of phenols is 1. The van der Waals surface area contributed by atoms with Crippen LogP contribution >= 0.6 is 12.2 Å². The van der Waals surface area contributed by atoms with Crippen LogP contribution in [-0.2, 0) is 0 Å². The first-order valence-electron chi connectivity index (χ1n) is 4.40. The van der Waals surface area contributed by atoms with Crippen LogP contribution in [0.3, 0.4) is 0 Å². The summed E-state index contributed by atoms with van der Waals surface area (Å²) in [6.45, 7) is 1.71. The zero-order chi connectivity index (χ0) is 11.4. The van der Waals surface area contributed by atoms with Gasteiger partial charge in [-0.05, 0) is 31.2 Å². The number of nitrogens with two attached hydrogens (primary N) is 1. The van der Waals surface area contributed by atoms with E-state index in [9.17, 15) is 4.79 Å². The molecule has 0 radical (unpaired) electrons. The van der Waals surface area contributed by atoms with Crippen molar-refractivity contribution >= 4 is 23.1 Å². The molecule has 0 fully saturated rings. The lowest BCUT2D eigenvalue weighted by Crippen LogP contribution is -2.41. The highest BCUT2D eigenvalue weighted by atomic mass is 32.1. The maximum Gasteiger partial charge on any atom is 0.251 e. The second kappa shape index (κ2) is 4.75. The Morgan fingerprint density at radius 1 is 1.47 bits per heavy atom. The Balaban J connectivity index is 2.69. The molecule has 1 unspecified atom stereocenters. The van der Waals surface area contributed by atoms with Crippen LogP contribution in [-0.4, -0.2) is 22.0 Å². The normalized spacial score (nSPS) is 11.8. The summed E-state index contributed by atoms with van der Waals surface area (Å²) in [4.78, 5) is 11.8. The number of hydrogen-bond acceptors (Lipinski definition) is 3. The molecule has 1 atom stereocenters. The number of hydrogen-bond donors (Lipinski definition) is 3. The number of nitrogens with one attached hydrogen (secondary N) is 1. The van der Waals surface area contributed by atoms with Crippen LogP contribution in [0.2, 0.25) is 0 Å². The SMILES string of the molecule is CC(NC(=O)c1ccc(O)cc1)C(N)=S. The van der Waals surface area contributed by atoms with E-state index in [0.29, 0.717) is 5.56 Å². The molecule has 1 aromatic rings. The number of benzene rings is 1. The van der Waals surface area contributed by atoms with E-state index >= 15 is 0 Å². The summed E-state index contributed by atoms with van der Waals surface area (Å²) in [5.74, 6) is -0.149. The average Bonchev–Trinajstić information content (AvgIpc) is 2.18. The highest BCUT2D eigenvalue weighted by Crippen LogP contribution is 2.09. The minimum atomic E-state index is -0.346. The molecule has 0 saturated carbocycles. The van der Waals surface area contributed by atoms with Crippen molar-refractivity contribution in [2.75, 3.05) is 0 Å². The standard InChI is InChI=1S/C10H12N2O2S/c1-6(9(11)15)12-10(14)7-2-4-8(13)5-3-7/h2-6,13H,1H3,(H2,11,15)(H,12,14). The van der Waals surface area contributed by atoms with Gasteiger partial charge >= 0.3 is 0 Å². The van der Waals surface area contributed by atoms with Crippen molar-refractivity contribution < 1.29 is 9.90 Å². The summed E-state index contributed by atoms with van der Waals surface area (Å²) in [5, 5.41) is 11.7. The van der Waals surface area contributed by atoms with E-state index in [-0.39, 0.29) is 22.7 Å². The summed E-state index contributed by atoms with van der Waals surface area (Å²) >= 11 is 4.73. The van der Waals surface area contributed by atoms with Crippen LogP contribution in [0.1, 0.15) is 17.3 Å². The lowest BCUT2D eigenvalue weighted by molar-refractivity contribution is 0.0949. The third-order valence-corrected chi connectivity index (χ3v) is 2.26. The first-order valence-corrected chi connectivity index (χ1v) is 4.80. The molecular formula is C10H12N2O2S. The number of carbonyl (C=O) groups excluding carboxylic acids is 1. The zero-order valence-corrected chi connectivity index (χ0v) is 9.04. The third-order valence-electron chi connectivity index (χ3n) is 1.90. The molecule has 80 valence electrons. The lowest BCUT2D eigenvalue weighted by Gasteiger charge is -2.11. The van der Waals surface area contributed by atoms with Crippen molar-refractivity contribution in [2.24, 2.45) is 5.73 Å². The van der Waals surface area contributed by atoms with Gasteiger partial charge in [0.15, 0.2) is 0 Å². The van der Waals surface area contributed by atoms with Gasteiger partial charge in [-0.15, -0.1) is 0 Å². The molecule has 0 saturated heterocycles. The van der Waals surface area contributed by atoms with Crippen LogP contribution in [0.4, 0.5) is 0 Å². The molecule has 1 rings (SSSR count). The van der Waals surface area contributed by atoms with Gasteiger partial charge in [0, 0.05) is 5.56 Å². The minimum absolute atomic E-state index is 0.119. The fraction of sp³-hybridized carbons (Fsp3) is 0.200. The number of rotatable bonds is 3. The van der Waals surface area contributed by atoms with Crippen molar-refractivity contribution in [1.29, 1.82) is 0 Å². The molecule has 15 heavy (non-hydrogen) atoms. The van der Waals surface area contributed by atoms with Gasteiger partial charge in [-0.3, -0.25) is 4.79 Å². The Morgan fingerprint density at radius 3 is 2.47 bits per heavy atom. The van der Waals surface area contributed by atoms with E-state index in [2.05, 4.69) is 5.32 Å². The topological polar surface area (TPSA) is 75.3 Å². The first kappa shape index (κ1) is 11.5. The summed E-state index contributed by atoms with van der Waals surface area (Å²) in [6.07, 6.45) is 0. The Bertz CT molecular complexity index is 376. The molecule has 0 bridgehead atoms. The average molecular weight is 224 g/mol. The second-order valence-corrected chi connectivity index (χ2v) is 3.62. The number of carbonyl (C=O) groups is 1. The van der Waals surface area contributed by atoms with E-state index in [1.807, 2.05) is 0 Å². The van der Waals surface area contributed by atoms with Crippen LogP contribution < -0.4 is 11.1 Å². The predicted molar refractivity (Wildman–Crippen MR) is 61.8 cm³/mol. The number of amides is 1. The molecule has 4 N–H and O–H groups in total. The van der Waals surface area contributed by atoms with Gasteiger partial charge in [-0.25, -0.2) is 0 Å². The van der Waals surface area contributed by atoms with E-state index in [0.717, 1.165) is 0 Å². The molecule has 0 aliphatic heterocycles. The molecule has 0 aliphatic rings. The van der Waals surface area contributed by atoms with E-state index in [1.54, 1.807) is 6.92 Å². The fourth-order valence-corrected chi connectivity index (χ4v) is 1.02. The maximum atomic E-state index is 11.6. The molecule has 0 aliphatic carbocycles. The van der Waals surface area contributed by atoms with Crippen LogP contribution in [0.15, 0.2) is 24.3 Å². The van der Waals surface area contributed by atoms with E-state index in [1.165, 1.54) is 24.3 Å². The monoisotopic (exact) mass is 224 g/mol. The quantitative estimate of drug-likeness (QED) is 0.664. The van der Waals surface area contributed by atoms with Crippen LogP contribution in [0, 0.1) is 0 Å². The Kier molecular flexibility index (Phi) is 3.62. The van der Waals surface area contributed by atoms with Crippen LogP contribution in [0.5, 0.6) is 5.75 Å². The van der Waals surface area contributed by atoms with Gasteiger partial charge in [-0.2, -0.15) is 0 Å². The van der Waals surface area contributed by atoms with Crippen molar-refractivity contribution in [3.63, 3.8) is 0 Å². The summed E-state index contributed by atoms with van der Waals surface area (Å²) in [5.41, 5.74) is 5.82. The van der Waals surface area contributed by atoms with Crippen molar-refractivity contribution in [3.05, 3.63) is 29.8 Å². The van der Waals surface area contributed by atoms with Gasteiger partial charge in [0.1, 0.15) is 5.75 Å². The molecule has 0 aromatic heterocycles. The third kappa shape index (κ3) is 3.21. The van der Waals surface area contributed by atoms with Crippen molar-refractivity contribution in [2.45, 2.75) is 13.0 Å². The molecule has 1 amide bonds. The fourth-order valence-electron chi connectivity index (χ4n) is 0.964. The first-order chi connectivity index (χ1) is 7.00. The molecule has 0 heterocycles. The molecular weight excluding hydrogens is 212 g/mol. The Morgan fingerprint density at radius 2 is 2.00 bits per heavy atom. The summed E-state index contributed by atoms with van der Waals surface area (Å²) in [6, 6.07) is 5.59. The summed E-state index contributed by atoms with van der Waals surface area (Å²) < 4.78 is 0. The summed E-state index contributed by atoms with van der Waals surface area (Å²) in [7, 11) is 0. The molecule has 1 aromatic carbocycles. The van der Waals surface area contributed by atoms with E-state index < -0.39 is 0 Å². The highest BCUT2D eigenvalue weighted by molar-refractivity contribution is 7.80.